The molecule has 0 aromatic rings. The Morgan fingerprint density at radius 1 is 1.28 bits per heavy atom. The molecule has 25 heavy (non-hydrogen) atoms. The summed E-state index contributed by atoms with van der Waals surface area (Å²) in [5, 5.41) is 13.4. The summed E-state index contributed by atoms with van der Waals surface area (Å²) in [6.07, 6.45) is 2.03. The van der Waals surface area contributed by atoms with E-state index in [0.29, 0.717) is 6.42 Å². The van der Waals surface area contributed by atoms with Crippen LogP contribution in [0.1, 0.15) is 39.5 Å². The van der Waals surface area contributed by atoms with Gasteiger partial charge in [-0.15, -0.1) is 13.2 Å². The maximum Gasteiger partial charge on any atom is 0.306 e. The average Bonchev–Trinajstić information content (AvgIpc) is 2.84. The van der Waals surface area contributed by atoms with Crippen molar-refractivity contribution in [2.75, 3.05) is 6.54 Å². The Balaban J connectivity index is 2.16. The summed E-state index contributed by atoms with van der Waals surface area (Å²) >= 11 is 0. The van der Waals surface area contributed by atoms with E-state index >= 15 is 0 Å². The second kappa shape index (κ2) is 7.68. The lowest BCUT2D eigenvalue weighted by Crippen LogP contribution is -2.59. The van der Waals surface area contributed by atoms with E-state index < -0.39 is 41.6 Å². The zero-order chi connectivity index (χ0) is 18.7. The smallest absolute Gasteiger partial charge is 0.306 e. The van der Waals surface area contributed by atoms with E-state index in [0.717, 1.165) is 0 Å². The number of nitrogens with one attached hydrogen (secondary N) is 1. The molecule has 0 bridgehead atoms. The molecule has 140 valence electrons. The summed E-state index contributed by atoms with van der Waals surface area (Å²) in [6.45, 7) is 10.8. The summed E-state index contributed by atoms with van der Waals surface area (Å²) in [7, 11) is 0. The first-order valence-electron chi connectivity index (χ1n) is 8.48. The Labute approximate surface area is 148 Å². The largest absolute Gasteiger partial charge is 0.459 e. The molecule has 2 aliphatic rings. The highest BCUT2D eigenvalue weighted by Gasteiger charge is 2.57. The molecule has 0 aromatic carbocycles. The zero-order valence-electron chi connectivity index (χ0n) is 14.8. The Bertz CT molecular complexity index is 546. The minimum Gasteiger partial charge on any atom is -0.459 e. The van der Waals surface area contributed by atoms with Gasteiger partial charge >= 0.3 is 5.97 Å². The number of carbonyl (C=O) groups excluding carboxylic acids is 2. The molecule has 2 rings (SSSR count). The molecule has 0 aromatic heterocycles. The summed E-state index contributed by atoms with van der Waals surface area (Å²) in [6, 6.07) is 0. The second-order valence-electron chi connectivity index (χ2n) is 6.93. The predicted octanol–water partition coefficient (Wildman–Crippen LogP) is 1.21. The molecule has 1 saturated heterocycles. The molecule has 1 aliphatic heterocycles. The fourth-order valence-electron chi connectivity index (χ4n) is 3.27. The number of hydrogen-bond acceptors (Lipinski definition) is 6. The molecule has 0 unspecified atom stereocenters. The van der Waals surface area contributed by atoms with E-state index in [-0.39, 0.29) is 25.8 Å². The van der Waals surface area contributed by atoms with Crippen LogP contribution in [0.2, 0.25) is 0 Å². The van der Waals surface area contributed by atoms with Gasteiger partial charge in [0.15, 0.2) is 5.79 Å². The molecule has 7 nitrogen and oxygen atoms in total. The number of aliphatic hydroxyl groups is 1. The van der Waals surface area contributed by atoms with Crippen molar-refractivity contribution in [1.82, 2.24) is 5.32 Å². The van der Waals surface area contributed by atoms with Crippen LogP contribution in [-0.2, 0) is 23.8 Å². The molecular formula is C18H27NO6. The summed E-state index contributed by atoms with van der Waals surface area (Å²) < 4.78 is 17.2. The van der Waals surface area contributed by atoms with Crippen LogP contribution in [-0.4, -0.2) is 53.2 Å². The molecular weight excluding hydrogens is 326 g/mol. The summed E-state index contributed by atoms with van der Waals surface area (Å²) in [5.41, 5.74) is -1.70. The van der Waals surface area contributed by atoms with Crippen molar-refractivity contribution in [3.63, 3.8) is 0 Å². The quantitative estimate of drug-likeness (QED) is 0.528. The lowest BCUT2D eigenvalue weighted by atomic mass is 9.79. The Morgan fingerprint density at radius 2 is 2.00 bits per heavy atom. The number of amides is 1. The normalized spacial score (nSPS) is 33.2. The van der Waals surface area contributed by atoms with Crippen molar-refractivity contribution < 1.29 is 28.9 Å². The first-order valence-corrected chi connectivity index (χ1v) is 8.48. The van der Waals surface area contributed by atoms with Crippen molar-refractivity contribution in [2.24, 2.45) is 0 Å². The van der Waals surface area contributed by atoms with Gasteiger partial charge in [0.2, 0.25) is 0 Å². The third-order valence-electron chi connectivity index (χ3n) is 4.33. The summed E-state index contributed by atoms with van der Waals surface area (Å²) in [5.74, 6) is -1.83. The van der Waals surface area contributed by atoms with Crippen LogP contribution in [0, 0.1) is 0 Å². The van der Waals surface area contributed by atoms with E-state index in [9.17, 15) is 14.7 Å². The molecule has 2 fully saturated rings. The van der Waals surface area contributed by atoms with Gasteiger partial charge in [-0.1, -0.05) is 12.2 Å². The Morgan fingerprint density at radius 3 is 2.64 bits per heavy atom. The SMILES string of the molecule is C=CCCC(=O)O[C@@H]1C[C@](O)(C(=O)NCC=C)C[C@H]2OC(C)(C)O[C@@H]12. The lowest BCUT2D eigenvalue weighted by molar-refractivity contribution is -0.180. The molecule has 1 amide bonds. The number of hydrogen-bond donors (Lipinski definition) is 2. The van der Waals surface area contributed by atoms with Crippen molar-refractivity contribution in [3.8, 4) is 0 Å². The number of fused-ring (bicyclic) bond motifs is 1. The number of ether oxygens (including phenoxy) is 3. The topological polar surface area (TPSA) is 94.1 Å². The third-order valence-corrected chi connectivity index (χ3v) is 4.33. The highest BCUT2D eigenvalue weighted by Crippen LogP contribution is 2.42. The molecule has 2 N–H and O–H groups in total. The Hall–Kier alpha value is -1.70. The van der Waals surface area contributed by atoms with Crippen LogP contribution >= 0.6 is 0 Å². The van der Waals surface area contributed by atoms with Crippen LogP contribution in [0.25, 0.3) is 0 Å². The van der Waals surface area contributed by atoms with Gasteiger partial charge in [0.25, 0.3) is 5.91 Å². The van der Waals surface area contributed by atoms with Crippen molar-refractivity contribution in [2.45, 2.75) is 69.2 Å². The fraction of sp³-hybridized carbons (Fsp3) is 0.667. The monoisotopic (exact) mass is 353 g/mol. The lowest BCUT2D eigenvalue weighted by Gasteiger charge is -2.40. The molecule has 4 atom stereocenters. The standard InChI is InChI=1S/C18H27NO6/c1-5-7-8-14(20)23-12-10-18(22,16(21)19-9-6-2)11-13-15(12)25-17(3,4)24-13/h5-6,12-13,15,22H,1-2,7-11H2,3-4H3,(H,19,21)/t12-,13-,15+,18-/m1/s1. The first-order chi connectivity index (χ1) is 11.7. The molecule has 1 aliphatic carbocycles. The van der Waals surface area contributed by atoms with Crippen molar-refractivity contribution in [1.29, 1.82) is 0 Å². The fourth-order valence-corrected chi connectivity index (χ4v) is 3.27. The van der Waals surface area contributed by atoms with Gasteiger partial charge in [-0.3, -0.25) is 9.59 Å². The van der Waals surface area contributed by atoms with Crippen molar-refractivity contribution in [3.05, 3.63) is 25.3 Å². The number of allylic oxidation sites excluding steroid dienone is 1. The van der Waals surface area contributed by atoms with Gasteiger partial charge in [-0.05, 0) is 20.3 Å². The van der Waals surface area contributed by atoms with E-state index in [4.69, 9.17) is 14.2 Å². The summed E-state index contributed by atoms with van der Waals surface area (Å²) in [4.78, 5) is 24.4. The van der Waals surface area contributed by atoms with Gasteiger partial charge in [-0.25, -0.2) is 0 Å². The van der Waals surface area contributed by atoms with E-state index in [1.165, 1.54) is 6.08 Å². The van der Waals surface area contributed by atoms with E-state index in [2.05, 4.69) is 18.5 Å². The average molecular weight is 353 g/mol. The van der Waals surface area contributed by atoms with E-state index in [1.54, 1.807) is 19.9 Å². The molecule has 0 spiro atoms. The van der Waals surface area contributed by atoms with Gasteiger partial charge in [0.1, 0.15) is 17.8 Å². The van der Waals surface area contributed by atoms with Gasteiger partial charge in [0, 0.05) is 25.8 Å². The van der Waals surface area contributed by atoms with E-state index in [1.807, 2.05) is 0 Å². The van der Waals surface area contributed by atoms with Crippen LogP contribution < -0.4 is 5.32 Å². The minimum absolute atomic E-state index is 0.0452. The minimum atomic E-state index is -1.70. The van der Waals surface area contributed by atoms with Crippen LogP contribution in [0.4, 0.5) is 0 Å². The highest BCUT2D eigenvalue weighted by molar-refractivity contribution is 5.85. The maximum absolute atomic E-state index is 12.4. The van der Waals surface area contributed by atoms with Crippen LogP contribution in [0.5, 0.6) is 0 Å². The second-order valence-corrected chi connectivity index (χ2v) is 6.93. The molecule has 7 heteroatoms. The van der Waals surface area contributed by atoms with Gasteiger partial charge in [0.05, 0.1) is 6.10 Å². The number of esters is 1. The first kappa shape index (κ1) is 19.6. The number of rotatable bonds is 7. The number of carbonyl (C=O) groups is 2. The van der Waals surface area contributed by atoms with Gasteiger partial charge in [-0.2, -0.15) is 0 Å². The molecule has 1 saturated carbocycles. The third kappa shape index (κ3) is 4.68. The Kier molecular flexibility index (Phi) is 6.03. The van der Waals surface area contributed by atoms with Crippen LogP contribution in [0.15, 0.2) is 25.3 Å². The maximum atomic E-state index is 12.4. The molecule has 1 heterocycles. The molecule has 0 radical (unpaired) electrons. The van der Waals surface area contributed by atoms with Crippen LogP contribution in [0.3, 0.4) is 0 Å². The van der Waals surface area contributed by atoms with Gasteiger partial charge < -0.3 is 24.6 Å². The zero-order valence-corrected chi connectivity index (χ0v) is 14.8. The predicted molar refractivity (Wildman–Crippen MR) is 90.5 cm³/mol. The highest BCUT2D eigenvalue weighted by atomic mass is 16.8. The van der Waals surface area contributed by atoms with Crippen molar-refractivity contribution >= 4 is 11.9 Å².